The average Bonchev–Trinajstić information content (AvgIpc) is 4.08. The number of urea groups is 1. The number of fused-ring (bicyclic) bond motifs is 1. The Bertz CT molecular complexity index is 1950. The Morgan fingerprint density at radius 1 is 1.11 bits per heavy atom. The second-order valence-electron chi connectivity index (χ2n) is 15.7. The molecule has 2 saturated carbocycles. The molecule has 3 aliphatic rings. The van der Waals surface area contributed by atoms with Crippen LogP contribution in [0.4, 0.5) is 4.79 Å². The Balaban J connectivity index is 1.44. The zero-order valence-electron chi connectivity index (χ0n) is 32.3. The van der Waals surface area contributed by atoms with Crippen molar-refractivity contribution in [3.05, 3.63) is 43.1 Å². The van der Waals surface area contributed by atoms with E-state index < -0.39 is 86.1 Å². The molecule has 16 nitrogen and oxygen atoms in total. The summed E-state index contributed by atoms with van der Waals surface area (Å²) in [5.41, 5.74) is -2.49. The zero-order chi connectivity index (χ0) is 40.5. The average molecular weight is 785 g/mol. The Kier molecular flexibility index (Phi) is 12.0. The summed E-state index contributed by atoms with van der Waals surface area (Å²) < 4.78 is 44.2. The van der Waals surface area contributed by atoms with Gasteiger partial charge in [-0.25, -0.2) is 23.0 Å². The van der Waals surface area contributed by atoms with Gasteiger partial charge in [-0.05, 0) is 60.2 Å². The smallest absolute Gasteiger partial charge is 0.328 e. The molecule has 1 aromatic heterocycles. The van der Waals surface area contributed by atoms with Gasteiger partial charge in [-0.15, -0.1) is 6.58 Å². The van der Waals surface area contributed by atoms with Gasteiger partial charge in [0.15, 0.2) is 0 Å². The van der Waals surface area contributed by atoms with Crippen LogP contribution in [0.5, 0.6) is 11.6 Å². The van der Waals surface area contributed by atoms with Gasteiger partial charge in [0.2, 0.25) is 27.7 Å². The van der Waals surface area contributed by atoms with Gasteiger partial charge >= 0.3 is 12.0 Å². The number of ether oxygens (including phenoxy) is 3. The molecule has 5 rings (SSSR count). The van der Waals surface area contributed by atoms with Gasteiger partial charge in [0.25, 0.3) is 5.91 Å². The molecular formula is C38H52N6O10S. The van der Waals surface area contributed by atoms with Gasteiger partial charge < -0.3 is 35.1 Å². The molecule has 2 heterocycles. The number of likely N-dealkylation sites (tertiary alicyclic amines) is 1. The fraction of sp³-hybridized carbons (Fsp3) is 0.579. The van der Waals surface area contributed by atoms with E-state index in [1.807, 2.05) is 13.0 Å². The summed E-state index contributed by atoms with van der Waals surface area (Å²) in [4.78, 5) is 74.2. The number of benzene rings is 1. The number of hydrogen-bond acceptors (Lipinski definition) is 11. The lowest BCUT2D eigenvalue weighted by Gasteiger charge is -2.36. The van der Waals surface area contributed by atoms with Gasteiger partial charge in [-0.3, -0.25) is 19.1 Å². The molecule has 0 unspecified atom stereocenters. The lowest BCUT2D eigenvalue weighted by Crippen LogP contribution is -2.62. The van der Waals surface area contributed by atoms with Crippen molar-refractivity contribution in [3.63, 3.8) is 0 Å². The highest BCUT2D eigenvalue weighted by Gasteiger charge is 2.62. The largest absolute Gasteiger partial charge is 0.497 e. The van der Waals surface area contributed by atoms with Gasteiger partial charge in [-0.1, -0.05) is 47.1 Å². The Labute approximate surface area is 321 Å². The fourth-order valence-corrected chi connectivity index (χ4v) is 8.19. The monoisotopic (exact) mass is 784 g/mol. The van der Waals surface area contributed by atoms with E-state index in [1.54, 1.807) is 59.2 Å². The number of rotatable bonds is 15. The highest BCUT2D eigenvalue weighted by molar-refractivity contribution is 7.91. The van der Waals surface area contributed by atoms with E-state index in [2.05, 4.69) is 32.2 Å². The van der Waals surface area contributed by atoms with E-state index in [0.717, 1.165) is 5.39 Å². The standard InChI is InChI=1S/C38H52N6O10S/c1-9-21(3)29(34(47)53-8)40-36(49)41-30(37(4,5)6)33(46)44-20-25(54-32-27-14-11-24(52-7)17-22(27)15-16-39-32)18-28(44)31(45)42-38(19-23(38)10-2)35(48)43-55(50,51)26-12-13-26/h10-11,14-17,21,23,25-26,28-30H,2,9,12-13,18-20H2,1,3-8H3,(H,42,45)(H,43,48)(H2,40,41,49)/t21-,23-,25+,28+,29+,30+,38-/m0/s1. The number of sulfonamides is 1. The number of esters is 1. The molecule has 1 aromatic carbocycles. The second kappa shape index (κ2) is 16.0. The molecule has 3 fully saturated rings. The molecule has 2 aliphatic carbocycles. The predicted octanol–water partition coefficient (Wildman–Crippen LogP) is 2.56. The van der Waals surface area contributed by atoms with Crippen LogP contribution in [0.1, 0.15) is 66.7 Å². The summed E-state index contributed by atoms with van der Waals surface area (Å²) in [6.07, 6.45) is 3.81. The summed E-state index contributed by atoms with van der Waals surface area (Å²) >= 11 is 0. The van der Waals surface area contributed by atoms with Crippen molar-refractivity contribution in [2.75, 3.05) is 20.8 Å². The highest BCUT2D eigenvalue weighted by atomic mass is 32.2. The van der Waals surface area contributed by atoms with Crippen LogP contribution in [0.15, 0.2) is 43.1 Å². The van der Waals surface area contributed by atoms with Crippen molar-refractivity contribution in [2.24, 2.45) is 17.3 Å². The topological polar surface area (TPSA) is 211 Å². The first-order valence-electron chi connectivity index (χ1n) is 18.4. The van der Waals surface area contributed by atoms with E-state index in [4.69, 9.17) is 14.2 Å². The molecule has 1 aliphatic heterocycles. The molecule has 300 valence electrons. The molecule has 55 heavy (non-hydrogen) atoms. The zero-order valence-corrected chi connectivity index (χ0v) is 33.2. The van der Waals surface area contributed by atoms with E-state index in [9.17, 15) is 32.4 Å². The number of nitrogens with one attached hydrogen (secondary N) is 4. The third-order valence-corrected chi connectivity index (χ3v) is 12.5. The number of aromatic nitrogens is 1. The van der Waals surface area contributed by atoms with Crippen LogP contribution in [0.2, 0.25) is 0 Å². The Morgan fingerprint density at radius 2 is 1.82 bits per heavy atom. The predicted molar refractivity (Wildman–Crippen MR) is 202 cm³/mol. The van der Waals surface area contributed by atoms with Crippen LogP contribution >= 0.6 is 0 Å². The number of hydrogen-bond donors (Lipinski definition) is 4. The van der Waals surface area contributed by atoms with Crippen LogP contribution in [-0.4, -0.2) is 104 Å². The maximum absolute atomic E-state index is 14.6. The quantitative estimate of drug-likeness (QED) is 0.152. The van der Waals surface area contributed by atoms with E-state index in [1.165, 1.54) is 18.1 Å². The number of nitrogens with zero attached hydrogens (tertiary/aromatic N) is 2. The molecular weight excluding hydrogens is 733 g/mol. The normalized spacial score (nSPS) is 23.8. The summed E-state index contributed by atoms with van der Waals surface area (Å²) in [5, 5.41) is 8.93. The molecule has 17 heteroatoms. The number of pyridine rings is 1. The van der Waals surface area contributed by atoms with Gasteiger partial charge in [0.1, 0.15) is 35.5 Å². The summed E-state index contributed by atoms with van der Waals surface area (Å²) in [7, 11) is -1.15. The van der Waals surface area contributed by atoms with Crippen LogP contribution in [0.25, 0.3) is 10.8 Å². The minimum atomic E-state index is -3.93. The molecule has 0 spiro atoms. The van der Waals surface area contributed by atoms with Crippen molar-refractivity contribution in [1.82, 2.24) is 30.6 Å². The molecule has 1 saturated heterocycles. The third-order valence-electron chi connectivity index (χ3n) is 10.7. The second-order valence-corrected chi connectivity index (χ2v) is 17.6. The van der Waals surface area contributed by atoms with E-state index in [-0.39, 0.29) is 31.2 Å². The summed E-state index contributed by atoms with van der Waals surface area (Å²) in [6.45, 7) is 12.5. The van der Waals surface area contributed by atoms with Gasteiger partial charge in [0, 0.05) is 23.9 Å². The van der Waals surface area contributed by atoms with Crippen LogP contribution in [0.3, 0.4) is 0 Å². The number of carbonyl (C=O) groups is 5. The first-order valence-corrected chi connectivity index (χ1v) is 20.0. The molecule has 0 radical (unpaired) electrons. The van der Waals surface area contributed by atoms with Crippen molar-refractivity contribution in [3.8, 4) is 11.6 Å². The number of amides is 5. The SMILES string of the molecule is C=C[C@H]1C[C@@]1(NC(=O)[C@H]1C[C@@H](Oc2nccc3cc(OC)ccc23)CN1C(=O)[C@@H](NC(=O)N[C@@H](C(=O)OC)[C@@H](C)CC)C(C)(C)C)C(=O)NS(=O)(=O)C1CC1. The lowest BCUT2D eigenvalue weighted by atomic mass is 9.85. The molecule has 5 amide bonds. The van der Waals surface area contributed by atoms with E-state index in [0.29, 0.717) is 30.4 Å². The first kappa shape index (κ1) is 41.2. The van der Waals surface area contributed by atoms with Gasteiger partial charge in [-0.2, -0.15) is 0 Å². The number of methoxy groups -OCH3 is 2. The number of carbonyl (C=O) groups excluding carboxylic acids is 5. The maximum atomic E-state index is 14.6. The minimum absolute atomic E-state index is 0.0237. The molecule has 2 aromatic rings. The minimum Gasteiger partial charge on any atom is -0.497 e. The van der Waals surface area contributed by atoms with Crippen molar-refractivity contribution >= 4 is 50.5 Å². The maximum Gasteiger partial charge on any atom is 0.328 e. The van der Waals surface area contributed by atoms with Crippen LogP contribution in [0, 0.1) is 17.3 Å². The summed E-state index contributed by atoms with van der Waals surface area (Å²) in [6, 6.07) is 2.98. The fourth-order valence-electron chi connectivity index (χ4n) is 6.83. The van der Waals surface area contributed by atoms with Crippen LogP contribution < -0.4 is 30.1 Å². The Hall–Kier alpha value is -4.93. The van der Waals surface area contributed by atoms with Crippen LogP contribution in [-0.2, 0) is 33.9 Å². The molecule has 4 N–H and O–H groups in total. The lowest BCUT2D eigenvalue weighted by molar-refractivity contribution is -0.144. The molecule has 0 bridgehead atoms. The molecule has 7 atom stereocenters. The van der Waals surface area contributed by atoms with Gasteiger partial charge in [0.05, 0.1) is 26.0 Å². The Morgan fingerprint density at radius 3 is 2.40 bits per heavy atom. The summed E-state index contributed by atoms with van der Waals surface area (Å²) in [5.74, 6) is -2.78. The van der Waals surface area contributed by atoms with E-state index >= 15 is 0 Å². The van der Waals surface area contributed by atoms with Crippen molar-refractivity contribution in [2.45, 2.75) is 102 Å². The van der Waals surface area contributed by atoms with Crippen molar-refractivity contribution in [1.29, 1.82) is 0 Å². The van der Waals surface area contributed by atoms with Crippen molar-refractivity contribution < 1.29 is 46.6 Å². The third kappa shape index (κ3) is 8.97. The first-order chi connectivity index (χ1) is 25.9. The highest BCUT2D eigenvalue weighted by Crippen LogP contribution is 2.45.